The minimum atomic E-state index is -0.343. The fourth-order valence-electron chi connectivity index (χ4n) is 1.55. The molecule has 0 fully saturated rings. The lowest BCUT2D eigenvalue weighted by atomic mass is 10.2. The Labute approximate surface area is 118 Å². The molecule has 1 heterocycles. The first-order valence-corrected chi connectivity index (χ1v) is 6.41. The van der Waals surface area contributed by atoms with Crippen molar-refractivity contribution in [3.8, 4) is 0 Å². The molecule has 7 heteroatoms. The number of carbonyl (C=O) groups excluding carboxylic acids is 1. The van der Waals surface area contributed by atoms with E-state index in [1.54, 1.807) is 14.2 Å². The summed E-state index contributed by atoms with van der Waals surface area (Å²) in [6.07, 6.45) is 1.25. The Bertz CT molecular complexity index is 451. The first kappa shape index (κ1) is 16.3. The number of aromatic nitrogens is 2. The molecule has 20 heavy (non-hydrogen) atoms. The van der Waals surface area contributed by atoms with E-state index in [-0.39, 0.29) is 29.3 Å². The SMILES string of the molecule is COCC(CNC(=O)c1nc(C(C)C)ncc1N)OC. The van der Waals surface area contributed by atoms with Gasteiger partial charge in [-0.1, -0.05) is 13.8 Å². The molecule has 0 saturated heterocycles. The quantitative estimate of drug-likeness (QED) is 0.758. The van der Waals surface area contributed by atoms with Gasteiger partial charge in [-0.3, -0.25) is 4.79 Å². The minimum Gasteiger partial charge on any atom is -0.396 e. The smallest absolute Gasteiger partial charge is 0.272 e. The van der Waals surface area contributed by atoms with Crippen LogP contribution in [-0.2, 0) is 9.47 Å². The van der Waals surface area contributed by atoms with Crippen LogP contribution in [0, 0.1) is 0 Å². The predicted molar refractivity (Wildman–Crippen MR) is 75.5 cm³/mol. The second kappa shape index (κ2) is 7.76. The number of hydrogen-bond acceptors (Lipinski definition) is 6. The summed E-state index contributed by atoms with van der Waals surface area (Å²) < 4.78 is 10.1. The highest BCUT2D eigenvalue weighted by Crippen LogP contribution is 2.13. The molecule has 1 aromatic rings. The zero-order valence-corrected chi connectivity index (χ0v) is 12.3. The van der Waals surface area contributed by atoms with Gasteiger partial charge < -0.3 is 20.5 Å². The summed E-state index contributed by atoms with van der Waals surface area (Å²) in [5.74, 6) is 0.372. The van der Waals surface area contributed by atoms with Crippen LogP contribution in [0.2, 0.25) is 0 Å². The largest absolute Gasteiger partial charge is 0.396 e. The van der Waals surface area contributed by atoms with Gasteiger partial charge in [-0.25, -0.2) is 9.97 Å². The molecule has 1 amide bonds. The van der Waals surface area contributed by atoms with Crippen molar-refractivity contribution < 1.29 is 14.3 Å². The lowest BCUT2D eigenvalue weighted by Gasteiger charge is -2.15. The van der Waals surface area contributed by atoms with Crippen molar-refractivity contribution in [3.05, 3.63) is 17.7 Å². The van der Waals surface area contributed by atoms with Crippen molar-refractivity contribution in [1.29, 1.82) is 0 Å². The molecule has 3 N–H and O–H groups in total. The van der Waals surface area contributed by atoms with Gasteiger partial charge in [-0.05, 0) is 0 Å². The Kier molecular flexibility index (Phi) is 6.33. The van der Waals surface area contributed by atoms with Crippen LogP contribution in [-0.4, -0.2) is 49.4 Å². The van der Waals surface area contributed by atoms with Crippen molar-refractivity contribution in [1.82, 2.24) is 15.3 Å². The van der Waals surface area contributed by atoms with Crippen LogP contribution in [0.5, 0.6) is 0 Å². The zero-order chi connectivity index (χ0) is 15.1. The number of nitrogens with two attached hydrogens (primary N) is 1. The molecule has 0 radical (unpaired) electrons. The molecule has 0 aliphatic carbocycles. The van der Waals surface area contributed by atoms with Crippen LogP contribution in [0.3, 0.4) is 0 Å². The summed E-state index contributed by atoms with van der Waals surface area (Å²) in [6.45, 7) is 4.62. The van der Waals surface area contributed by atoms with Gasteiger partial charge in [0.25, 0.3) is 5.91 Å². The molecular weight excluding hydrogens is 260 g/mol. The van der Waals surface area contributed by atoms with E-state index in [2.05, 4.69) is 15.3 Å². The number of nitrogens with one attached hydrogen (secondary N) is 1. The molecule has 0 aromatic carbocycles. The van der Waals surface area contributed by atoms with Crippen molar-refractivity contribution in [2.45, 2.75) is 25.9 Å². The molecule has 0 aliphatic rings. The molecule has 0 saturated carbocycles. The number of amides is 1. The maximum absolute atomic E-state index is 12.1. The zero-order valence-electron chi connectivity index (χ0n) is 12.3. The van der Waals surface area contributed by atoms with E-state index in [0.717, 1.165) is 0 Å². The van der Waals surface area contributed by atoms with Gasteiger partial charge in [0.05, 0.1) is 24.6 Å². The fraction of sp³-hybridized carbons (Fsp3) is 0.615. The van der Waals surface area contributed by atoms with Crippen molar-refractivity contribution in [3.63, 3.8) is 0 Å². The summed E-state index contributed by atoms with van der Waals surface area (Å²) in [4.78, 5) is 20.4. The van der Waals surface area contributed by atoms with Crippen LogP contribution in [0.4, 0.5) is 5.69 Å². The number of ether oxygens (including phenoxy) is 2. The van der Waals surface area contributed by atoms with Gasteiger partial charge in [-0.15, -0.1) is 0 Å². The van der Waals surface area contributed by atoms with Crippen LogP contribution in [0.1, 0.15) is 36.1 Å². The molecule has 112 valence electrons. The molecule has 0 bridgehead atoms. The number of rotatable bonds is 7. The third kappa shape index (κ3) is 4.43. The monoisotopic (exact) mass is 282 g/mol. The second-order valence-corrected chi connectivity index (χ2v) is 4.71. The van der Waals surface area contributed by atoms with Gasteiger partial charge in [0.2, 0.25) is 0 Å². The average Bonchev–Trinajstić information content (AvgIpc) is 2.43. The van der Waals surface area contributed by atoms with E-state index in [0.29, 0.717) is 19.0 Å². The van der Waals surface area contributed by atoms with E-state index in [4.69, 9.17) is 15.2 Å². The molecule has 1 unspecified atom stereocenters. The topological polar surface area (TPSA) is 99.4 Å². The van der Waals surface area contributed by atoms with Crippen molar-refractivity contribution >= 4 is 11.6 Å². The normalized spacial score (nSPS) is 12.4. The highest BCUT2D eigenvalue weighted by molar-refractivity contribution is 5.96. The molecular formula is C13H22N4O3. The summed E-state index contributed by atoms with van der Waals surface area (Å²) in [5.41, 5.74) is 6.19. The Hall–Kier alpha value is -1.73. The molecule has 7 nitrogen and oxygen atoms in total. The standard InChI is InChI=1S/C13H22N4O3/c1-8(2)12-15-6-10(14)11(17-12)13(18)16-5-9(20-4)7-19-3/h6,8-9H,5,7,14H2,1-4H3,(H,16,18). The van der Waals surface area contributed by atoms with Gasteiger partial charge in [-0.2, -0.15) is 0 Å². The Balaban J connectivity index is 2.74. The third-order valence-corrected chi connectivity index (χ3v) is 2.74. The van der Waals surface area contributed by atoms with Gasteiger partial charge in [0, 0.05) is 26.7 Å². The summed E-state index contributed by atoms with van der Waals surface area (Å²) >= 11 is 0. The lowest BCUT2D eigenvalue weighted by Crippen LogP contribution is -2.36. The van der Waals surface area contributed by atoms with Crippen LogP contribution in [0.25, 0.3) is 0 Å². The third-order valence-electron chi connectivity index (χ3n) is 2.74. The van der Waals surface area contributed by atoms with E-state index < -0.39 is 0 Å². The summed E-state index contributed by atoms with van der Waals surface area (Å²) in [6, 6.07) is 0. The van der Waals surface area contributed by atoms with Crippen LogP contribution in [0.15, 0.2) is 6.20 Å². The molecule has 1 atom stereocenters. The van der Waals surface area contributed by atoms with Crippen molar-refractivity contribution in [2.75, 3.05) is 33.1 Å². The lowest BCUT2D eigenvalue weighted by molar-refractivity contribution is 0.0285. The van der Waals surface area contributed by atoms with Crippen molar-refractivity contribution in [2.24, 2.45) is 0 Å². The highest BCUT2D eigenvalue weighted by Gasteiger charge is 2.16. The Morgan fingerprint density at radius 2 is 2.15 bits per heavy atom. The number of nitrogens with zero attached hydrogens (tertiary/aromatic N) is 2. The predicted octanol–water partition coefficient (Wildman–Crippen LogP) is 0.573. The molecule has 1 aromatic heterocycles. The number of anilines is 1. The number of nitrogen functional groups attached to an aromatic ring is 1. The second-order valence-electron chi connectivity index (χ2n) is 4.71. The van der Waals surface area contributed by atoms with Gasteiger partial charge >= 0.3 is 0 Å². The van der Waals surface area contributed by atoms with Gasteiger partial charge in [0.1, 0.15) is 5.82 Å². The molecule has 0 aliphatic heterocycles. The van der Waals surface area contributed by atoms with E-state index in [1.165, 1.54) is 6.20 Å². The van der Waals surface area contributed by atoms with Crippen LogP contribution < -0.4 is 11.1 Å². The Morgan fingerprint density at radius 3 is 2.70 bits per heavy atom. The van der Waals surface area contributed by atoms with Gasteiger partial charge in [0.15, 0.2) is 5.69 Å². The maximum atomic E-state index is 12.1. The van der Waals surface area contributed by atoms with E-state index in [9.17, 15) is 4.79 Å². The first-order chi connectivity index (χ1) is 9.49. The number of hydrogen-bond donors (Lipinski definition) is 2. The summed E-state index contributed by atoms with van der Waals surface area (Å²) in [5, 5.41) is 2.73. The van der Waals surface area contributed by atoms with E-state index in [1.807, 2.05) is 13.8 Å². The molecule has 0 spiro atoms. The first-order valence-electron chi connectivity index (χ1n) is 6.41. The van der Waals surface area contributed by atoms with E-state index >= 15 is 0 Å². The average molecular weight is 282 g/mol. The fourth-order valence-corrected chi connectivity index (χ4v) is 1.55. The summed E-state index contributed by atoms with van der Waals surface area (Å²) in [7, 11) is 3.14. The van der Waals surface area contributed by atoms with Crippen LogP contribution >= 0.6 is 0 Å². The number of methoxy groups -OCH3 is 2. The maximum Gasteiger partial charge on any atom is 0.272 e. The number of carbonyl (C=O) groups is 1. The molecule has 1 rings (SSSR count). The highest BCUT2D eigenvalue weighted by atomic mass is 16.5. The minimum absolute atomic E-state index is 0.127. The Morgan fingerprint density at radius 1 is 1.45 bits per heavy atom.